The zero-order chi connectivity index (χ0) is 24.2. The van der Waals surface area contributed by atoms with Crippen LogP contribution in [0.5, 0.6) is 0 Å². The first kappa shape index (κ1) is 23.9. The normalized spacial score (nSPS) is 15.1. The highest BCUT2D eigenvalue weighted by Crippen LogP contribution is 2.40. The van der Waals surface area contributed by atoms with Crippen LogP contribution >= 0.6 is 34.5 Å². The van der Waals surface area contributed by atoms with Crippen molar-refractivity contribution in [1.82, 2.24) is 14.9 Å². The van der Waals surface area contributed by atoms with E-state index in [0.29, 0.717) is 16.6 Å². The highest BCUT2D eigenvalue weighted by atomic mass is 35.5. The average Bonchev–Trinajstić information content (AvgIpc) is 3.35. The number of nitrogens with one attached hydrogen (secondary N) is 1. The molecule has 0 atom stereocenters. The Morgan fingerprint density at radius 2 is 1.89 bits per heavy atom. The summed E-state index contributed by atoms with van der Waals surface area (Å²) in [5.74, 6) is 0.163. The van der Waals surface area contributed by atoms with Gasteiger partial charge in [-0.2, -0.15) is 0 Å². The maximum absolute atomic E-state index is 12.9. The predicted molar refractivity (Wildman–Crippen MR) is 146 cm³/mol. The second-order valence-electron chi connectivity index (χ2n) is 8.58. The summed E-state index contributed by atoms with van der Waals surface area (Å²) in [6.07, 6.45) is 7.94. The molecule has 5 rings (SSSR count). The third-order valence-corrected chi connectivity index (χ3v) is 7.65. The van der Waals surface area contributed by atoms with Crippen molar-refractivity contribution >= 4 is 62.4 Å². The summed E-state index contributed by atoms with van der Waals surface area (Å²) in [6.45, 7) is 2.91. The lowest BCUT2D eigenvalue weighted by atomic mass is 9.88. The maximum Gasteiger partial charge on any atom is 0.255 e. The number of anilines is 1. The molecule has 0 aliphatic carbocycles. The zero-order valence-corrected chi connectivity index (χ0v) is 21.3. The minimum atomic E-state index is -0.191. The fraction of sp³-hybridized carbons (Fsp3) is 0.222. The van der Waals surface area contributed by atoms with E-state index in [0.717, 1.165) is 59.0 Å². The third-order valence-electron chi connectivity index (χ3n) is 6.31. The van der Waals surface area contributed by atoms with E-state index < -0.39 is 0 Å². The van der Waals surface area contributed by atoms with Gasteiger partial charge in [0, 0.05) is 29.0 Å². The molecule has 0 saturated carbocycles. The largest absolute Gasteiger partial charge is 0.322 e. The second-order valence-corrected chi connectivity index (χ2v) is 10.3. The van der Waals surface area contributed by atoms with E-state index in [1.807, 2.05) is 41.9 Å². The third kappa shape index (κ3) is 5.73. The van der Waals surface area contributed by atoms with Crippen molar-refractivity contribution < 1.29 is 4.79 Å². The van der Waals surface area contributed by atoms with Gasteiger partial charge in [0.1, 0.15) is 5.15 Å². The van der Waals surface area contributed by atoms with Crippen LogP contribution in [0, 0.1) is 0 Å². The summed E-state index contributed by atoms with van der Waals surface area (Å²) in [6, 6.07) is 15.1. The van der Waals surface area contributed by atoms with E-state index in [4.69, 9.17) is 23.2 Å². The van der Waals surface area contributed by atoms with E-state index in [1.165, 1.54) is 5.56 Å². The Hall–Kier alpha value is -2.77. The molecule has 1 aliphatic heterocycles. The van der Waals surface area contributed by atoms with Gasteiger partial charge in [0.05, 0.1) is 15.7 Å². The number of amides is 1. The van der Waals surface area contributed by atoms with Crippen LogP contribution in [-0.4, -0.2) is 40.4 Å². The molecule has 35 heavy (non-hydrogen) atoms. The van der Waals surface area contributed by atoms with Gasteiger partial charge >= 0.3 is 0 Å². The summed E-state index contributed by atoms with van der Waals surface area (Å²) in [7, 11) is 0. The Balaban J connectivity index is 1.29. The maximum atomic E-state index is 12.9. The van der Waals surface area contributed by atoms with Crippen LogP contribution in [0.4, 0.5) is 5.69 Å². The molecule has 2 aromatic carbocycles. The minimum Gasteiger partial charge on any atom is -0.322 e. The number of fused-ring (bicyclic) bond motifs is 1. The monoisotopic (exact) mass is 522 g/mol. The molecule has 0 spiro atoms. The Morgan fingerprint density at radius 1 is 1.09 bits per heavy atom. The zero-order valence-electron chi connectivity index (χ0n) is 19.0. The standard InChI is InChI=1S/C27H24Cl2N4OS/c28-21-5-3-18(4-6-21)2-1-13-33-14-10-19(11-15-33)25-22(7-8-23-26(25)35-17-31-23)32-27(34)20-9-12-30-24(29)16-20/h1-9,12,16-17,19H,10-11,13-15H2,(H,32,34)/b2-1+. The molecule has 1 N–H and O–H groups in total. The first-order chi connectivity index (χ1) is 17.1. The first-order valence-electron chi connectivity index (χ1n) is 11.5. The van der Waals surface area contributed by atoms with Gasteiger partial charge in [-0.15, -0.1) is 11.3 Å². The van der Waals surface area contributed by atoms with Crippen LogP contribution in [0.15, 0.2) is 66.3 Å². The lowest BCUT2D eigenvalue weighted by Gasteiger charge is -2.32. The molecule has 5 nitrogen and oxygen atoms in total. The molecule has 178 valence electrons. The summed E-state index contributed by atoms with van der Waals surface area (Å²) >= 11 is 13.6. The quantitative estimate of drug-likeness (QED) is 0.273. The molecule has 4 aromatic rings. The molecule has 3 heterocycles. The van der Waals surface area contributed by atoms with Gasteiger partial charge in [0.2, 0.25) is 0 Å². The number of thiazole rings is 1. The molecule has 1 aliphatic rings. The minimum absolute atomic E-state index is 0.191. The second kappa shape index (κ2) is 10.9. The molecule has 0 unspecified atom stereocenters. The van der Waals surface area contributed by atoms with Crippen LogP contribution in [0.2, 0.25) is 10.2 Å². The molecule has 0 bridgehead atoms. The number of halogens is 2. The summed E-state index contributed by atoms with van der Waals surface area (Å²) in [5, 5.41) is 4.17. The molecule has 1 amide bonds. The number of carbonyl (C=O) groups is 1. The van der Waals surface area contributed by atoms with Crippen molar-refractivity contribution in [2.75, 3.05) is 25.0 Å². The SMILES string of the molecule is O=C(Nc1ccc2ncsc2c1C1CCN(C/C=C/c2ccc(Cl)cc2)CC1)c1ccnc(Cl)c1. The lowest BCUT2D eigenvalue weighted by molar-refractivity contribution is 0.102. The van der Waals surface area contributed by atoms with Crippen molar-refractivity contribution in [3.63, 3.8) is 0 Å². The van der Waals surface area contributed by atoms with Gasteiger partial charge < -0.3 is 5.32 Å². The number of piperidine rings is 1. The van der Waals surface area contributed by atoms with Crippen LogP contribution in [-0.2, 0) is 0 Å². The molecule has 0 radical (unpaired) electrons. The highest BCUT2D eigenvalue weighted by molar-refractivity contribution is 7.17. The van der Waals surface area contributed by atoms with Crippen molar-refractivity contribution in [1.29, 1.82) is 0 Å². The van der Waals surface area contributed by atoms with Crippen molar-refractivity contribution in [3.8, 4) is 0 Å². The van der Waals surface area contributed by atoms with Crippen LogP contribution in [0.3, 0.4) is 0 Å². The Morgan fingerprint density at radius 3 is 2.66 bits per heavy atom. The molecule has 2 aromatic heterocycles. The van der Waals surface area contributed by atoms with Gasteiger partial charge in [0.15, 0.2) is 0 Å². The summed E-state index contributed by atoms with van der Waals surface area (Å²) in [5.41, 5.74) is 6.53. The Kier molecular flexibility index (Phi) is 7.44. The molecule has 1 fully saturated rings. The summed E-state index contributed by atoms with van der Waals surface area (Å²) < 4.78 is 1.15. The van der Waals surface area contributed by atoms with E-state index in [-0.39, 0.29) is 5.91 Å². The van der Waals surface area contributed by atoms with Crippen molar-refractivity contribution in [2.24, 2.45) is 0 Å². The average molecular weight is 523 g/mol. The van der Waals surface area contributed by atoms with Crippen molar-refractivity contribution in [3.05, 3.63) is 93.2 Å². The van der Waals surface area contributed by atoms with Crippen LogP contribution in [0.25, 0.3) is 16.3 Å². The number of nitrogens with zero attached hydrogens (tertiary/aromatic N) is 3. The number of hydrogen-bond acceptors (Lipinski definition) is 5. The van der Waals surface area contributed by atoms with E-state index in [9.17, 15) is 4.79 Å². The first-order valence-corrected chi connectivity index (χ1v) is 13.1. The number of hydrogen-bond donors (Lipinski definition) is 1. The highest BCUT2D eigenvalue weighted by Gasteiger charge is 2.25. The number of carbonyl (C=O) groups excluding carboxylic acids is 1. The van der Waals surface area contributed by atoms with Gasteiger partial charge in [-0.1, -0.05) is 47.5 Å². The van der Waals surface area contributed by atoms with Gasteiger partial charge in [-0.05, 0) is 79.4 Å². The fourth-order valence-electron chi connectivity index (χ4n) is 4.52. The topological polar surface area (TPSA) is 58.1 Å². The Labute approximate surface area is 218 Å². The number of rotatable bonds is 6. The molecule has 8 heteroatoms. The van der Waals surface area contributed by atoms with Gasteiger partial charge in [-0.3, -0.25) is 9.69 Å². The molecular weight excluding hydrogens is 499 g/mol. The number of likely N-dealkylation sites (tertiary alicyclic amines) is 1. The number of benzene rings is 2. The van der Waals surface area contributed by atoms with Crippen LogP contribution in [0.1, 0.15) is 40.2 Å². The molecular formula is C27H24Cl2N4OS. The Bertz CT molecular complexity index is 1360. The smallest absolute Gasteiger partial charge is 0.255 e. The fourth-order valence-corrected chi connectivity index (χ4v) is 5.73. The van der Waals surface area contributed by atoms with Gasteiger partial charge in [-0.25, -0.2) is 9.97 Å². The molecule has 1 saturated heterocycles. The number of aromatic nitrogens is 2. The predicted octanol–water partition coefficient (Wildman–Crippen LogP) is 7.14. The van der Waals surface area contributed by atoms with E-state index in [1.54, 1.807) is 29.7 Å². The van der Waals surface area contributed by atoms with E-state index in [2.05, 4.69) is 32.3 Å². The van der Waals surface area contributed by atoms with Crippen molar-refractivity contribution in [2.45, 2.75) is 18.8 Å². The number of pyridine rings is 1. The van der Waals surface area contributed by atoms with Crippen LogP contribution < -0.4 is 5.32 Å². The summed E-state index contributed by atoms with van der Waals surface area (Å²) in [4.78, 5) is 23.9. The lowest BCUT2D eigenvalue weighted by Crippen LogP contribution is -2.33. The van der Waals surface area contributed by atoms with E-state index >= 15 is 0 Å². The van der Waals surface area contributed by atoms with Gasteiger partial charge in [0.25, 0.3) is 5.91 Å².